The molecule has 0 aromatic rings. The summed E-state index contributed by atoms with van der Waals surface area (Å²) in [5.41, 5.74) is 6.05. The quantitative estimate of drug-likeness (QED) is 0.730. The normalized spacial score (nSPS) is 26.6. The molecule has 1 aliphatic carbocycles. The Balaban J connectivity index is 2.52. The molecule has 0 heterocycles. The average Bonchev–Trinajstić information content (AvgIpc) is 2.53. The Morgan fingerprint density at radius 3 is 2.82 bits per heavy atom. The number of hydrogen-bond donors (Lipinski definition) is 2. The number of amides is 1. The van der Waals surface area contributed by atoms with Crippen molar-refractivity contribution in [3.63, 3.8) is 0 Å². The Kier molecular flexibility index (Phi) is 5.99. The van der Waals surface area contributed by atoms with E-state index in [0.717, 1.165) is 32.1 Å². The molecule has 3 atom stereocenters. The second-order valence-corrected chi connectivity index (χ2v) is 4.88. The van der Waals surface area contributed by atoms with E-state index in [0.29, 0.717) is 6.42 Å². The van der Waals surface area contributed by atoms with E-state index in [4.69, 9.17) is 11.0 Å². The zero-order valence-corrected chi connectivity index (χ0v) is 10.6. The molecule has 1 saturated carbocycles. The van der Waals surface area contributed by atoms with Crippen LogP contribution in [-0.4, -0.2) is 18.0 Å². The van der Waals surface area contributed by atoms with Gasteiger partial charge in [0.05, 0.1) is 18.4 Å². The number of nitriles is 1. The summed E-state index contributed by atoms with van der Waals surface area (Å²) in [7, 11) is 0. The van der Waals surface area contributed by atoms with Crippen molar-refractivity contribution in [3.8, 4) is 6.07 Å². The lowest BCUT2D eigenvalue weighted by Crippen LogP contribution is -2.45. The molecule has 3 unspecified atom stereocenters. The molecule has 4 nitrogen and oxygen atoms in total. The van der Waals surface area contributed by atoms with Crippen LogP contribution in [0.25, 0.3) is 0 Å². The van der Waals surface area contributed by atoms with Crippen LogP contribution in [-0.2, 0) is 4.79 Å². The van der Waals surface area contributed by atoms with E-state index in [2.05, 4.69) is 11.4 Å². The number of hydrogen-bond acceptors (Lipinski definition) is 3. The number of rotatable bonds is 4. The van der Waals surface area contributed by atoms with E-state index in [1.807, 2.05) is 6.92 Å². The van der Waals surface area contributed by atoms with E-state index in [1.54, 1.807) is 0 Å². The summed E-state index contributed by atoms with van der Waals surface area (Å²) in [6.07, 6.45) is 6.38. The van der Waals surface area contributed by atoms with E-state index in [1.165, 1.54) is 6.42 Å². The fourth-order valence-electron chi connectivity index (χ4n) is 2.38. The summed E-state index contributed by atoms with van der Waals surface area (Å²) in [5, 5.41) is 11.6. The fraction of sp³-hybridized carbons (Fsp3) is 0.846. The van der Waals surface area contributed by atoms with E-state index >= 15 is 0 Å². The third-order valence-electron chi connectivity index (χ3n) is 3.58. The van der Waals surface area contributed by atoms with Gasteiger partial charge in [0.25, 0.3) is 0 Å². The zero-order valence-electron chi connectivity index (χ0n) is 10.6. The SMILES string of the molecule is CCC(CC#N)NC(=O)C1CCCCCC1N. The second kappa shape index (κ2) is 7.29. The molecule has 1 rings (SSSR count). The van der Waals surface area contributed by atoms with Gasteiger partial charge in [-0.3, -0.25) is 4.79 Å². The van der Waals surface area contributed by atoms with Gasteiger partial charge in [-0.2, -0.15) is 5.26 Å². The number of nitrogens with one attached hydrogen (secondary N) is 1. The smallest absolute Gasteiger partial charge is 0.224 e. The first-order chi connectivity index (χ1) is 8.19. The van der Waals surface area contributed by atoms with Gasteiger partial charge >= 0.3 is 0 Å². The highest BCUT2D eigenvalue weighted by Gasteiger charge is 2.27. The largest absolute Gasteiger partial charge is 0.352 e. The summed E-state index contributed by atoms with van der Waals surface area (Å²) >= 11 is 0. The van der Waals surface area contributed by atoms with Gasteiger partial charge in [0.1, 0.15) is 0 Å². The predicted molar refractivity (Wildman–Crippen MR) is 67.0 cm³/mol. The first kappa shape index (κ1) is 14.0. The Morgan fingerprint density at radius 2 is 2.18 bits per heavy atom. The second-order valence-electron chi connectivity index (χ2n) is 4.88. The molecule has 3 N–H and O–H groups in total. The summed E-state index contributed by atoms with van der Waals surface area (Å²) in [6.45, 7) is 1.98. The lowest BCUT2D eigenvalue weighted by molar-refractivity contribution is -0.126. The van der Waals surface area contributed by atoms with Crippen LogP contribution in [0.4, 0.5) is 0 Å². The minimum atomic E-state index is -0.0646. The van der Waals surface area contributed by atoms with E-state index in [9.17, 15) is 4.79 Å². The molecule has 0 aromatic heterocycles. The maximum Gasteiger partial charge on any atom is 0.224 e. The van der Waals surface area contributed by atoms with Gasteiger partial charge in [0, 0.05) is 12.1 Å². The molecule has 1 aliphatic rings. The maximum absolute atomic E-state index is 12.1. The Labute approximate surface area is 104 Å². The van der Waals surface area contributed by atoms with Crippen molar-refractivity contribution in [2.75, 3.05) is 0 Å². The highest BCUT2D eigenvalue weighted by atomic mass is 16.2. The van der Waals surface area contributed by atoms with Crippen molar-refractivity contribution in [3.05, 3.63) is 0 Å². The molecular weight excluding hydrogens is 214 g/mol. The molecule has 0 bridgehead atoms. The van der Waals surface area contributed by atoms with E-state index < -0.39 is 0 Å². The third-order valence-corrected chi connectivity index (χ3v) is 3.58. The Morgan fingerprint density at radius 1 is 1.47 bits per heavy atom. The molecule has 1 amide bonds. The van der Waals surface area contributed by atoms with Crippen molar-refractivity contribution in [1.82, 2.24) is 5.32 Å². The van der Waals surface area contributed by atoms with Gasteiger partial charge in [-0.25, -0.2) is 0 Å². The standard InChI is InChI=1S/C13H23N3O/c1-2-10(8-9-14)16-13(17)11-6-4-3-5-7-12(11)15/h10-12H,2-8,15H2,1H3,(H,16,17). The minimum absolute atomic E-state index is 0.0166. The minimum Gasteiger partial charge on any atom is -0.352 e. The van der Waals surface area contributed by atoms with Gasteiger partial charge < -0.3 is 11.1 Å². The molecule has 0 radical (unpaired) electrons. The number of carbonyl (C=O) groups is 1. The number of nitrogens with two attached hydrogens (primary N) is 1. The number of nitrogens with zero attached hydrogens (tertiary/aromatic N) is 1. The van der Waals surface area contributed by atoms with Crippen LogP contribution in [0.15, 0.2) is 0 Å². The molecule has 0 saturated heterocycles. The summed E-state index contributed by atoms with van der Waals surface area (Å²) in [4.78, 5) is 12.1. The zero-order chi connectivity index (χ0) is 12.7. The van der Waals surface area contributed by atoms with Gasteiger partial charge in [-0.1, -0.05) is 26.2 Å². The topological polar surface area (TPSA) is 78.9 Å². The fourth-order valence-corrected chi connectivity index (χ4v) is 2.38. The van der Waals surface area contributed by atoms with Crippen molar-refractivity contribution in [2.45, 2.75) is 64.0 Å². The molecule has 96 valence electrons. The Hall–Kier alpha value is -1.08. The first-order valence-electron chi connectivity index (χ1n) is 6.62. The van der Waals surface area contributed by atoms with Gasteiger partial charge in [-0.05, 0) is 19.3 Å². The maximum atomic E-state index is 12.1. The van der Waals surface area contributed by atoms with Crippen LogP contribution < -0.4 is 11.1 Å². The van der Waals surface area contributed by atoms with Crippen molar-refractivity contribution >= 4 is 5.91 Å². The summed E-state index contributed by atoms with van der Waals surface area (Å²) in [5.74, 6) is -0.0215. The summed E-state index contributed by atoms with van der Waals surface area (Å²) in [6, 6.07) is 2.06. The molecule has 4 heteroatoms. The first-order valence-corrected chi connectivity index (χ1v) is 6.62. The molecule has 0 aromatic carbocycles. The highest BCUT2D eigenvalue weighted by Crippen LogP contribution is 2.22. The summed E-state index contributed by atoms with van der Waals surface area (Å²) < 4.78 is 0. The van der Waals surface area contributed by atoms with Crippen LogP contribution in [0.5, 0.6) is 0 Å². The van der Waals surface area contributed by atoms with Crippen LogP contribution in [0.2, 0.25) is 0 Å². The predicted octanol–water partition coefficient (Wildman–Crippen LogP) is 1.70. The van der Waals surface area contributed by atoms with Gasteiger partial charge in [0.2, 0.25) is 5.91 Å². The van der Waals surface area contributed by atoms with Crippen molar-refractivity contribution in [1.29, 1.82) is 5.26 Å². The van der Waals surface area contributed by atoms with E-state index in [-0.39, 0.29) is 23.9 Å². The molecule has 0 aliphatic heterocycles. The Bertz CT molecular complexity index is 285. The molecular formula is C13H23N3O. The van der Waals surface area contributed by atoms with Crippen LogP contribution in [0.3, 0.4) is 0 Å². The average molecular weight is 237 g/mol. The van der Waals surface area contributed by atoms with Crippen molar-refractivity contribution < 1.29 is 4.79 Å². The lowest BCUT2D eigenvalue weighted by atomic mass is 9.94. The van der Waals surface area contributed by atoms with Crippen LogP contribution in [0, 0.1) is 17.2 Å². The van der Waals surface area contributed by atoms with Crippen LogP contribution in [0.1, 0.15) is 51.9 Å². The molecule has 17 heavy (non-hydrogen) atoms. The van der Waals surface area contributed by atoms with Crippen LogP contribution >= 0.6 is 0 Å². The lowest BCUT2D eigenvalue weighted by Gasteiger charge is -2.23. The van der Waals surface area contributed by atoms with Gasteiger partial charge in [-0.15, -0.1) is 0 Å². The van der Waals surface area contributed by atoms with Gasteiger partial charge in [0.15, 0.2) is 0 Å². The van der Waals surface area contributed by atoms with Crippen molar-refractivity contribution in [2.24, 2.45) is 11.7 Å². The monoisotopic (exact) mass is 237 g/mol. The highest BCUT2D eigenvalue weighted by molar-refractivity contribution is 5.79. The molecule has 0 spiro atoms. The number of carbonyl (C=O) groups excluding carboxylic acids is 1. The third kappa shape index (κ3) is 4.35. The molecule has 1 fully saturated rings.